The zero-order chi connectivity index (χ0) is 14.8. The van der Waals surface area contributed by atoms with Gasteiger partial charge in [-0.3, -0.25) is 0 Å². The molecular formula is C15H23NO4. The van der Waals surface area contributed by atoms with Gasteiger partial charge in [0.1, 0.15) is 0 Å². The van der Waals surface area contributed by atoms with Crippen molar-refractivity contribution in [1.29, 1.82) is 0 Å². The van der Waals surface area contributed by atoms with Crippen LogP contribution >= 0.6 is 0 Å². The highest BCUT2D eigenvalue weighted by atomic mass is 16.5. The number of nitrogens with two attached hydrogens (primary N) is 1. The Bertz CT molecular complexity index is 469. The van der Waals surface area contributed by atoms with Crippen molar-refractivity contribution >= 4 is 0 Å². The molecule has 1 aromatic carbocycles. The maximum Gasteiger partial charge on any atom is 0.203 e. The van der Waals surface area contributed by atoms with Crippen LogP contribution in [0.2, 0.25) is 0 Å². The molecular weight excluding hydrogens is 258 g/mol. The molecule has 1 heterocycles. The van der Waals surface area contributed by atoms with Gasteiger partial charge in [-0.15, -0.1) is 0 Å². The summed E-state index contributed by atoms with van der Waals surface area (Å²) in [6.45, 7) is 2.79. The molecule has 1 saturated heterocycles. The van der Waals surface area contributed by atoms with Crippen LogP contribution in [0, 0.1) is 0 Å². The van der Waals surface area contributed by atoms with Gasteiger partial charge < -0.3 is 24.7 Å². The van der Waals surface area contributed by atoms with Crippen LogP contribution in [0.1, 0.15) is 31.4 Å². The fourth-order valence-electron chi connectivity index (χ4n) is 2.74. The molecule has 2 unspecified atom stereocenters. The number of hydrogen-bond acceptors (Lipinski definition) is 5. The van der Waals surface area contributed by atoms with Gasteiger partial charge in [-0.2, -0.15) is 0 Å². The van der Waals surface area contributed by atoms with Crippen LogP contribution in [0.3, 0.4) is 0 Å². The van der Waals surface area contributed by atoms with E-state index in [2.05, 4.69) is 0 Å². The molecule has 0 spiro atoms. The zero-order valence-corrected chi connectivity index (χ0v) is 12.6. The lowest BCUT2D eigenvalue weighted by Crippen LogP contribution is -2.37. The van der Waals surface area contributed by atoms with Gasteiger partial charge in [0.25, 0.3) is 0 Å². The second-order valence-electron chi connectivity index (χ2n) is 5.17. The van der Waals surface area contributed by atoms with Crippen molar-refractivity contribution in [3.63, 3.8) is 0 Å². The van der Waals surface area contributed by atoms with Gasteiger partial charge in [0.15, 0.2) is 11.5 Å². The van der Waals surface area contributed by atoms with Gasteiger partial charge in [-0.25, -0.2) is 0 Å². The second kappa shape index (κ2) is 5.89. The van der Waals surface area contributed by atoms with Crippen molar-refractivity contribution in [1.82, 2.24) is 0 Å². The lowest BCUT2D eigenvalue weighted by Gasteiger charge is -2.32. The van der Waals surface area contributed by atoms with Crippen LogP contribution in [-0.2, 0) is 4.74 Å². The first-order valence-electron chi connectivity index (χ1n) is 6.75. The average Bonchev–Trinajstić information content (AvgIpc) is 2.92. The monoisotopic (exact) mass is 281 g/mol. The maximum atomic E-state index is 6.42. The lowest BCUT2D eigenvalue weighted by molar-refractivity contribution is -0.00234. The molecule has 0 radical (unpaired) electrons. The lowest BCUT2D eigenvalue weighted by atomic mass is 9.87. The Balaban J connectivity index is 2.45. The summed E-state index contributed by atoms with van der Waals surface area (Å²) in [4.78, 5) is 0. The molecule has 5 nitrogen and oxygen atoms in total. The molecule has 112 valence electrons. The minimum atomic E-state index is -0.368. The van der Waals surface area contributed by atoms with Crippen molar-refractivity contribution < 1.29 is 18.9 Å². The predicted octanol–water partition coefficient (Wildman–Crippen LogP) is 2.28. The van der Waals surface area contributed by atoms with Crippen molar-refractivity contribution in [2.24, 2.45) is 5.73 Å². The Hall–Kier alpha value is -1.46. The van der Waals surface area contributed by atoms with Crippen LogP contribution in [0.4, 0.5) is 0 Å². The fourth-order valence-corrected chi connectivity index (χ4v) is 2.74. The highest BCUT2D eigenvalue weighted by molar-refractivity contribution is 5.57. The number of ether oxygens (including phenoxy) is 4. The van der Waals surface area contributed by atoms with E-state index in [1.807, 2.05) is 19.1 Å². The zero-order valence-electron chi connectivity index (χ0n) is 12.6. The highest BCUT2D eigenvalue weighted by Crippen LogP contribution is 2.45. The molecule has 1 aliphatic heterocycles. The van der Waals surface area contributed by atoms with Gasteiger partial charge in [0.2, 0.25) is 5.75 Å². The van der Waals surface area contributed by atoms with Crippen LogP contribution in [0.15, 0.2) is 12.1 Å². The van der Waals surface area contributed by atoms with Crippen LogP contribution < -0.4 is 19.9 Å². The van der Waals surface area contributed by atoms with Crippen molar-refractivity contribution in [2.75, 3.05) is 27.9 Å². The molecule has 0 bridgehead atoms. The van der Waals surface area contributed by atoms with Gasteiger partial charge in [-0.05, 0) is 31.9 Å². The Morgan fingerprint density at radius 3 is 2.35 bits per heavy atom. The summed E-state index contributed by atoms with van der Waals surface area (Å²) in [7, 11) is 4.78. The van der Waals surface area contributed by atoms with Crippen LogP contribution in [0.5, 0.6) is 17.2 Å². The van der Waals surface area contributed by atoms with Gasteiger partial charge >= 0.3 is 0 Å². The second-order valence-corrected chi connectivity index (χ2v) is 5.17. The summed E-state index contributed by atoms with van der Waals surface area (Å²) in [6, 6.07) is 3.48. The molecule has 20 heavy (non-hydrogen) atoms. The molecule has 0 amide bonds. The Morgan fingerprint density at radius 2 is 1.85 bits per heavy atom. The fraction of sp³-hybridized carbons (Fsp3) is 0.600. The maximum absolute atomic E-state index is 6.42. The molecule has 2 rings (SSSR count). The summed E-state index contributed by atoms with van der Waals surface area (Å²) in [5, 5.41) is 0. The van der Waals surface area contributed by atoms with E-state index in [0.717, 1.165) is 25.0 Å². The minimum absolute atomic E-state index is 0.278. The van der Waals surface area contributed by atoms with E-state index in [9.17, 15) is 0 Å². The first-order chi connectivity index (χ1) is 9.57. The summed E-state index contributed by atoms with van der Waals surface area (Å²) >= 11 is 0. The SMILES string of the molecule is COc1ccc(C(N)C2(C)CCCO2)c(OC)c1OC. The number of methoxy groups -OCH3 is 3. The van der Waals surface area contributed by atoms with Gasteiger partial charge in [0.05, 0.1) is 33.0 Å². The molecule has 1 fully saturated rings. The van der Waals surface area contributed by atoms with E-state index in [-0.39, 0.29) is 11.6 Å². The smallest absolute Gasteiger partial charge is 0.203 e. The first-order valence-corrected chi connectivity index (χ1v) is 6.75. The summed E-state index contributed by atoms with van der Waals surface area (Å²) in [5.74, 6) is 1.79. The summed E-state index contributed by atoms with van der Waals surface area (Å²) in [5.41, 5.74) is 6.93. The van der Waals surface area contributed by atoms with E-state index >= 15 is 0 Å². The average molecular weight is 281 g/mol. The summed E-state index contributed by atoms with van der Waals surface area (Å²) in [6.07, 6.45) is 1.96. The van der Waals surface area contributed by atoms with Gasteiger partial charge in [-0.1, -0.05) is 0 Å². The molecule has 2 N–H and O–H groups in total. The largest absolute Gasteiger partial charge is 0.493 e. The first kappa shape index (κ1) is 14.9. The van der Waals surface area contributed by atoms with Crippen molar-refractivity contribution in [2.45, 2.75) is 31.4 Å². The third-order valence-corrected chi connectivity index (χ3v) is 3.98. The highest BCUT2D eigenvalue weighted by Gasteiger charge is 2.39. The molecule has 0 saturated carbocycles. The third-order valence-electron chi connectivity index (χ3n) is 3.98. The summed E-state index contributed by atoms with van der Waals surface area (Å²) < 4.78 is 22.0. The standard InChI is InChI=1S/C15H23NO4/c1-15(8-5-9-20-15)14(16)10-6-7-11(17-2)13(19-4)12(10)18-3/h6-7,14H,5,8-9,16H2,1-4H3. The molecule has 0 aromatic heterocycles. The molecule has 1 aliphatic rings. The van der Waals surface area contributed by atoms with Crippen LogP contribution in [0.25, 0.3) is 0 Å². The van der Waals surface area contributed by atoms with Crippen molar-refractivity contribution in [3.8, 4) is 17.2 Å². The molecule has 5 heteroatoms. The van der Waals surface area contributed by atoms with E-state index in [1.54, 1.807) is 21.3 Å². The van der Waals surface area contributed by atoms with Crippen LogP contribution in [-0.4, -0.2) is 33.5 Å². The molecule has 1 aromatic rings. The quantitative estimate of drug-likeness (QED) is 0.897. The normalized spacial score (nSPS) is 23.4. The number of hydrogen-bond donors (Lipinski definition) is 1. The van der Waals surface area contributed by atoms with Gasteiger partial charge in [0, 0.05) is 12.2 Å². The number of rotatable bonds is 5. The Labute approximate surface area is 120 Å². The van der Waals surface area contributed by atoms with E-state index < -0.39 is 0 Å². The van der Waals surface area contributed by atoms with Crippen molar-refractivity contribution in [3.05, 3.63) is 17.7 Å². The molecule has 2 atom stereocenters. The Morgan fingerprint density at radius 1 is 1.15 bits per heavy atom. The Kier molecular flexibility index (Phi) is 4.40. The topological polar surface area (TPSA) is 62.9 Å². The number of benzene rings is 1. The molecule has 0 aliphatic carbocycles. The third kappa shape index (κ3) is 2.43. The van der Waals surface area contributed by atoms with E-state index in [4.69, 9.17) is 24.7 Å². The predicted molar refractivity (Wildman–Crippen MR) is 76.6 cm³/mol. The van der Waals surface area contributed by atoms with E-state index in [1.165, 1.54) is 0 Å². The minimum Gasteiger partial charge on any atom is -0.493 e. The van der Waals surface area contributed by atoms with E-state index in [0.29, 0.717) is 17.2 Å².